The maximum absolute atomic E-state index is 8.87. The third-order valence-corrected chi connectivity index (χ3v) is 4.93. The van der Waals surface area contributed by atoms with E-state index >= 15 is 0 Å². The van der Waals surface area contributed by atoms with Gasteiger partial charge in [-0.25, -0.2) is 0 Å². The number of methoxy groups -OCH3 is 1. The van der Waals surface area contributed by atoms with Gasteiger partial charge >= 0.3 is 0 Å². The van der Waals surface area contributed by atoms with Crippen molar-refractivity contribution in [1.82, 2.24) is 4.90 Å². The summed E-state index contributed by atoms with van der Waals surface area (Å²) in [6, 6.07) is 6.15. The standard InChI is InChI=1S/C15H22BrN3O2/c1-15(14(17)18-20)5-7-19(8-6-15)10-11-3-4-13(21-2)12(16)9-11/h3-4,9,20H,5-8,10H2,1-2H3,(H2,17,18). The number of hydrogen-bond acceptors (Lipinski definition) is 4. The van der Waals surface area contributed by atoms with Crippen molar-refractivity contribution in [3.05, 3.63) is 28.2 Å². The Labute approximate surface area is 133 Å². The van der Waals surface area contributed by atoms with Gasteiger partial charge in [-0.15, -0.1) is 0 Å². The zero-order chi connectivity index (χ0) is 15.5. The van der Waals surface area contributed by atoms with E-state index in [-0.39, 0.29) is 5.41 Å². The second-order valence-electron chi connectivity index (χ2n) is 5.79. The highest BCUT2D eigenvalue weighted by Gasteiger charge is 2.34. The van der Waals surface area contributed by atoms with Gasteiger partial charge in [-0.1, -0.05) is 18.1 Å². The van der Waals surface area contributed by atoms with Gasteiger partial charge < -0.3 is 15.7 Å². The zero-order valence-corrected chi connectivity index (χ0v) is 14.1. The van der Waals surface area contributed by atoms with E-state index in [2.05, 4.69) is 45.0 Å². The fraction of sp³-hybridized carbons (Fsp3) is 0.533. The molecule has 0 aliphatic carbocycles. The topological polar surface area (TPSA) is 71.1 Å². The van der Waals surface area contributed by atoms with Crippen LogP contribution in [0.15, 0.2) is 27.8 Å². The van der Waals surface area contributed by atoms with Crippen LogP contribution in [0.4, 0.5) is 0 Å². The molecule has 21 heavy (non-hydrogen) atoms. The van der Waals surface area contributed by atoms with Gasteiger partial charge in [0.1, 0.15) is 11.6 Å². The summed E-state index contributed by atoms with van der Waals surface area (Å²) < 4.78 is 6.22. The van der Waals surface area contributed by atoms with Crippen molar-refractivity contribution in [2.75, 3.05) is 20.2 Å². The fourth-order valence-electron chi connectivity index (χ4n) is 2.65. The van der Waals surface area contributed by atoms with Crippen LogP contribution in [-0.4, -0.2) is 36.1 Å². The number of amidine groups is 1. The van der Waals surface area contributed by atoms with E-state index < -0.39 is 0 Å². The minimum absolute atomic E-state index is 0.189. The molecule has 1 fully saturated rings. The largest absolute Gasteiger partial charge is 0.496 e. The molecule has 1 aliphatic heterocycles. The summed E-state index contributed by atoms with van der Waals surface area (Å²) in [4.78, 5) is 2.39. The van der Waals surface area contributed by atoms with Gasteiger partial charge in [0.25, 0.3) is 0 Å². The molecule has 0 aromatic heterocycles. The van der Waals surface area contributed by atoms with E-state index in [0.717, 1.165) is 42.7 Å². The molecule has 0 amide bonds. The first-order valence-corrected chi connectivity index (χ1v) is 7.80. The van der Waals surface area contributed by atoms with Gasteiger partial charge in [-0.2, -0.15) is 0 Å². The van der Waals surface area contributed by atoms with Gasteiger partial charge in [0.05, 0.1) is 11.6 Å². The Hall–Kier alpha value is -1.27. The number of benzene rings is 1. The molecule has 1 aromatic carbocycles. The number of halogens is 1. The average Bonchev–Trinajstić information content (AvgIpc) is 2.49. The fourth-order valence-corrected chi connectivity index (χ4v) is 3.24. The van der Waals surface area contributed by atoms with Crippen molar-refractivity contribution in [2.24, 2.45) is 16.3 Å². The third-order valence-electron chi connectivity index (χ3n) is 4.31. The van der Waals surface area contributed by atoms with Gasteiger partial charge in [0.15, 0.2) is 0 Å². The summed E-state index contributed by atoms with van der Waals surface area (Å²) >= 11 is 3.52. The van der Waals surface area contributed by atoms with Gasteiger partial charge in [-0.05, 0) is 59.6 Å². The van der Waals surface area contributed by atoms with E-state index in [1.54, 1.807) is 7.11 Å². The predicted octanol–water partition coefficient (Wildman–Crippen LogP) is 2.81. The molecule has 1 aliphatic rings. The Balaban J connectivity index is 1.96. The Bertz CT molecular complexity index is 526. The predicted molar refractivity (Wildman–Crippen MR) is 86.7 cm³/mol. The minimum atomic E-state index is -0.189. The molecular weight excluding hydrogens is 334 g/mol. The lowest BCUT2D eigenvalue weighted by molar-refractivity contribution is 0.153. The lowest BCUT2D eigenvalue weighted by atomic mass is 9.79. The number of hydrogen-bond donors (Lipinski definition) is 2. The number of nitrogens with zero attached hydrogens (tertiary/aromatic N) is 2. The molecule has 3 N–H and O–H groups in total. The molecule has 116 valence electrons. The summed E-state index contributed by atoms with van der Waals surface area (Å²) in [5.41, 5.74) is 6.85. The van der Waals surface area contributed by atoms with E-state index in [9.17, 15) is 0 Å². The first-order chi connectivity index (χ1) is 9.98. The summed E-state index contributed by atoms with van der Waals surface area (Å²) in [5.74, 6) is 1.19. The van der Waals surface area contributed by atoms with E-state index in [4.69, 9.17) is 15.7 Å². The van der Waals surface area contributed by atoms with Crippen molar-refractivity contribution in [3.8, 4) is 5.75 Å². The lowest BCUT2D eigenvalue weighted by Crippen LogP contribution is -2.45. The van der Waals surface area contributed by atoms with Crippen LogP contribution >= 0.6 is 15.9 Å². The molecule has 0 spiro atoms. The van der Waals surface area contributed by atoms with Crippen molar-refractivity contribution < 1.29 is 9.94 Å². The van der Waals surface area contributed by atoms with Crippen LogP contribution in [0.3, 0.4) is 0 Å². The van der Waals surface area contributed by atoms with Crippen molar-refractivity contribution >= 4 is 21.8 Å². The Morgan fingerprint density at radius 2 is 2.14 bits per heavy atom. The second-order valence-corrected chi connectivity index (χ2v) is 6.65. The maximum Gasteiger partial charge on any atom is 0.145 e. The Morgan fingerprint density at radius 1 is 1.48 bits per heavy atom. The Morgan fingerprint density at radius 3 is 2.67 bits per heavy atom. The van der Waals surface area contributed by atoms with Crippen LogP contribution in [0.1, 0.15) is 25.3 Å². The minimum Gasteiger partial charge on any atom is -0.496 e. The molecule has 0 radical (unpaired) electrons. The summed E-state index contributed by atoms with van der Waals surface area (Å²) in [7, 11) is 1.67. The Kier molecular flexibility index (Phi) is 5.11. The molecule has 0 bridgehead atoms. The van der Waals surface area contributed by atoms with Crippen LogP contribution in [0.2, 0.25) is 0 Å². The number of likely N-dealkylation sites (tertiary alicyclic amines) is 1. The number of nitrogens with two attached hydrogens (primary N) is 1. The normalized spacial score (nSPS) is 19.5. The average molecular weight is 356 g/mol. The highest BCUT2D eigenvalue weighted by molar-refractivity contribution is 9.10. The number of oxime groups is 1. The highest BCUT2D eigenvalue weighted by atomic mass is 79.9. The molecule has 0 unspecified atom stereocenters. The van der Waals surface area contributed by atoms with E-state index in [0.29, 0.717) is 5.84 Å². The highest BCUT2D eigenvalue weighted by Crippen LogP contribution is 2.32. The molecular formula is C15H22BrN3O2. The van der Waals surface area contributed by atoms with Gasteiger partial charge in [-0.3, -0.25) is 4.90 Å². The quantitative estimate of drug-likeness (QED) is 0.377. The first kappa shape index (κ1) is 16.1. The summed E-state index contributed by atoms with van der Waals surface area (Å²) in [6.45, 7) is 4.84. The molecule has 0 saturated carbocycles. The van der Waals surface area contributed by atoms with Crippen LogP contribution in [0, 0.1) is 5.41 Å². The zero-order valence-electron chi connectivity index (χ0n) is 12.5. The first-order valence-electron chi connectivity index (χ1n) is 7.01. The molecule has 0 atom stereocenters. The number of piperidine rings is 1. The van der Waals surface area contributed by atoms with Crippen LogP contribution in [0.5, 0.6) is 5.75 Å². The van der Waals surface area contributed by atoms with Crippen molar-refractivity contribution in [2.45, 2.75) is 26.3 Å². The maximum atomic E-state index is 8.87. The van der Waals surface area contributed by atoms with Crippen LogP contribution in [0.25, 0.3) is 0 Å². The molecule has 5 nitrogen and oxygen atoms in total. The molecule has 6 heteroatoms. The lowest BCUT2D eigenvalue weighted by Gasteiger charge is -2.38. The third kappa shape index (κ3) is 3.68. The number of ether oxygens (including phenoxy) is 1. The van der Waals surface area contributed by atoms with E-state index in [1.165, 1.54) is 5.56 Å². The number of rotatable bonds is 4. The molecule has 2 rings (SSSR count). The summed E-state index contributed by atoms with van der Waals surface area (Å²) in [5, 5.41) is 12.0. The van der Waals surface area contributed by atoms with Gasteiger partial charge in [0, 0.05) is 12.0 Å². The smallest absolute Gasteiger partial charge is 0.145 e. The van der Waals surface area contributed by atoms with Crippen LogP contribution in [-0.2, 0) is 6.54 Å². The molecule has 1 aromatic rings. The summed E-state index contributed by atoms with van der Waals surface area (Å²) in [6.07, 6.45) is 1.81. The molecule has 1 saturated heterocycles. The van der Waals surface area contributed by atoms with Gasteiger partial charge in [0.2, 0.25) is 0 Å². The van der Waals surface area contributed by atoms with E-state index in [1.807, 2.05) is 6.07 Å². The second kappa shape index (κ2) is 6.66. The van der Waals surface area contributed by atoms with Crippen molar-refractivity contribution in [3.63, 3.8) is 0 Å². The SMILES string of the molecule is COc1ccc(CN2CCC(C)(/C(N)=N/O)CC2)cc1Br. The molecule has 1 heterocycles. The van der Waals surface area contributed by atoms with Crippen LogP contribution < -0.4 is 10.5 Å². The van der Waals surface area contributed by atoms with Crippen molar-refractivity contribution in [1.29, 1.82) is 0 Å². The monoisotopic (exact) mass is 355 g/mol.